The van der Waals surface area contributed by atoms with Crippen molar-refractivity contribution in [3.8, 4) is 0 Å². The Morgan fingerprint density at radius 3 is 2.90 bits per heavy atom. The van der Waals surface area contributed by atoms with Crippen LogP contribution in [0.5, 0.6) is 0 Å². The van der Waals surface area contributed by atoms with Gasteiger partial charge in [0.1, 0.15) is 11.6 Å². The first-order valence-corrected chi connectivity index (χ1v) is 6.33. The third-order valence-electron chi connectivity index (χ3n) is 3.38. The number of carbonyl (C=O) groups is 2. The zero-order valence-corrected chi connectivity index (χ0v) is 11.2. The highest BCUT2D eigenvalue weighted by molar-refractivity contribution is 6.03. The van der Waals surface area contributed by atoms with Gasteiger partial charge in [-0.3, -0.25) is 19.0 Å². The third kappa shape index (κ3) is 2.12. The third-order valence-corrected chi connectivity index (χ3v) is 3.38. The van der Waals surface area contributed by atoms with Crippen molar-refractivity contribution in [2.45, 2.75) is 32.1 Å². The van der Waals surface area contributed by atoms with Crippen LogP contribution < -0.4 is 11.3 Å². The Balaban J connectivity index is 2.36. The molecule has 1 aromatic heterocycles. The lowest BCUT2D eigenvalue weighted by molar-refractivity contribution is -0.132. The fourth-order valence-corrected chi connectivity index (χ4v) is 2.42. The summed E-state index contributed by atoms with van der Waals surface area (Å²) in [5, 5.41) is 0.0224. The number of anilines is 1. The van der Waals surface area contributed by atoms with E-state index in [1.165, 1.54) is 13.0 Å². The summed E-state index contributed by atoms with van der Waals surface area (Å²) in [4.78, 5) is 41.3. The monoisotopic (exact) mass is 289 g/mol. The fourth-order valence-electron chi connectivity index (χ4n) is 2.42. The topological polar surface area (TPSA) is 95.1 Å². The van der Waals surface area contributed by atoms with E-state index in [9.17, 15) is 14.4 Å². The van der Waals surface area contributed by atoms with Crippen molar-refractivity contribution in [3.63, 3.8) is 0 Å². The molecule has 2 N–H and O–H groups in total. The summed E-state index contributed by atoms with van der Waals surface area (Å²) >= 11 is 0. The van der Waals surface area contributed by atoms with Crippen molar-refractivity contribution in [1.29, 1.82) is 0 Å². The minimum atomic E-state index is -2.91. The highest BCUT2D eigenvalue weighted by Crippen LogP contribution is 2.24. The molecule has 1 aliphatic carbocycles. The number of hydrogen-bond acceptors (Lipinski definition) is 5. The average Bonchev–Trinajstić information content (AvgIpc) is 2.49. The van der Waals surface area contributed by atoms with E-state index in [0.29, 0.717) is 5.52 Å². The van der Waals surface area contributed by atoms with E-state index in [1.807, 2.05) is 0 Å². The molecular weight excluding hydrogens is 270 g/mol. The number of nitrogen functional groups attached to an aromatic ring is 1. The van der Waals surface area contributed by atoms with Crippen LogP contribution in [0.1, 0.15) is 36.5 Å². The van der Waals surface area contributed by atoms with Crippen LogP contribution in [0.4, 0.5) is 5.69 Å². The molecule has 0 amide bonds. The van der Waals surface area contributed by atoms with Gasteiger partial charge in [0.05, 0.1) is 23.4 Å². The van der Waals surface area contributed by atoms with Gasteiger partial charge in [0.2, 0.25) is 0 Å². The minimum Gasteiger partial charge on any atom is -0.398 e. The lowest BCUT2D eigenvalue weighted by atomic mass is 9.92. The Labute approximate surface area is 126 Å². The normalized spacial score (nSPS) is 26.8. The van der Waals surface area contributed by atoms with Crippen LogP contribution in [0.15, 0.2) is 23.0 Å². The number of aromatic nitrogens is 2. The molecular formula is C15H15N3O3. The second-order valence-electron chi connectivity index (χ2n) is 4.81. The molecule has 6 heteroatoms. The van der Waals surface area contributed by atoms with Gasteiger partial charge >= 0.3 is 0 Å². The number of nitrogens with two attached hydrogens (primary N) is 1. The van der Waals surface area contributed by atoms with Crippen molar-refractivity contribution in [2.24, 2.45) is 0 Å². The summed E-state index contributed by atoms with van der Waals surface area (Å²) in [5.41, 5.74) is 5.49. The van der Waals surface area contributed by atoms with E-state index >= 15 is 0 Å². The second-order valence-corrected chi connectivity index (χ2v) is 4.81. The molecule has 1 atom stereocenters. The summed E-state index contributed by atoms with van der Waals surface area (Å²) in [6.07, 6.45) is -6.60. The Bertz CT molecular complexity index is 984. The standard InChI is InChI=1S/C15H15N3O3/c1-8-17-11-4-2-3-10(16)14(11)15(21)18(8)12-6-5-9(19)7-13(12)20/h2-4,12H,5-7,16H2,1H3/t12-/m1/s1/i5D2,6D2. The fraction of sp³-hybridized carbons (Fsp3) is 0.333. The minimum absolute atomic E-state index is 0.0224. The van der Waals surface area contributed by atoms with Crippen molar-refractivity contribution >= 4 is 28.2 Å². The Hall–Kier alpha value is -2.50. The van der Waals surface area contributed by atoms with Crippen LogP contribution >= 0.6 is 0 Å². The molecule has 21 heavy (non-hydrogen) atoms. The van der Waals surface area contributed by atoms with Crippen molar-refractivity contribution in [2.75, 3.05) is 5.73 Å². The van der Waals surface area contributed by atoms with E-state index in [2.05, 4.69) is 4.98 Å². The second kappa shape index (κ2) is 4.80. The lowest BCUT2D eigenvalue weighted by Gasteiger charge is -2.24. The maximum Gasteiger partial charge on any atom is 0.264 e. The Morgan fingerprint density at radius 2 is 2.14 bits per heavy atom. The number of rotatable bonds is 1. The van der Waals surface area contributed by atoms with E-state index in [-0.39, 0.29) is 16.9 Å². The van der Waals surface area contributed by atoms with Crippen LogP contribution in [-0.2, 0) is 9.59 Å². The molecule has 0 radical (unpaired) electrons. The molecule has 1 heterocycles. The van der Waals surface area contributed by atoms with Crippen molar-refractivity contribution in [3.05, 3.63) is 34.4 Å². The summed E-state index contributed by atoms with van der Waals surface area (Å²) in [7, 11) is 0. The largest absolute Gasteiger partial charge is 0.398 e. The molecule has 0 bridgehead atoms. The quantitative estimate of drug-likeness (QED) is 0.627. The summed E-state index contributed by atoms with van der Waals surface area (Å²) in [5.74, 6) is -1.97. The number of nitrogens with zero attached hydrogens (tertiary/aromatic N) is 2. The average molecular weight is 289 g/mol. The SMILES string of the molecule is [2H]C1([2H])C(=O)CC(=O)[C@H](n2c(C)nc3cccc(N)c3c2=O)C1([2H])[2H]. The lowest BCUT2D eigenvalue weighted by Crippen LogP contribution is -2.36. The van der Waals surface area contributed by atoms with E-state index in [4.69, 9.17) is 11.2 Å². The van der Waals surface area contributed by atoms with Crippen molar-refractivity contribution < 1.29 is 15.1 Å². The highest BCUT2D eigenvalue weighted by atomic mass is 16.2. The maximum absolute atomic E-state index is 12.9. The molecule has 0 saturated heterocycles. The molecule has 0 unspecified atom stereocenters. The van der Waals surface area contributed by atoms with Gasteiger partial charge in [-0.2, -0.15) is 0 Å². The van der Waals surface area contributed by atoms with E-state index in [0.717, 1.165) is 4.57 Å². The molecule has 2 aromatic rings. The van der Waals surface area contributed by atoms with Crippen LogP contribution in [0.3, 0.4) is 0 Å². The maximum atomic E-state index is 12.9. The van der Waals surface area contributed by atoms with Crippen LogP contribution in [0.25, 0.3) is 10.9 Å². The summed E-state index contributed by atoms with van der Waals surface area (Å²) in [6.45, 7) is 1.42. The molecule has 0 aliphatic heterocycles. The van der Waals surface area contributed by atoms with Gasteiger partial charge in [-0.1, -0.05) is 6.07 Å². The molecule has 3 rings (SSSR count). The predicted molar refractivity (Wildman–Crippen MR) is 78.1 cm³/mol. The zero-order chi connectivity index (χ0) is 18.7. The van der Waals surface area contributed by atoms with Crippen molar-refractivity contribution in [1.82, 2.24) is 9.55 Å². The smallest absolute Gasteiger partial charge is 0.264 e. The first kappa shape index (κ1) is 9.44. The van der Waals surface area contributed by atoms with Gasteiger partial charge in [-0.05, 0) is 25.4 Å². The van der Waals surface area contributed by atoms with Crippen LogP contribution in [0.2, 0.25) is 0 Å². The van der Waals surface area contributed by atoms with Crippen LogP contribution in [0, 0.1) is 6.92 Å². The molecule has 1 aromatic carbocycles. The van der Waals surface area contributed by atoms with Crippen LogP contribution in [-0.4, -0.2) is 21.1 Å². The first-order valence-electron chi connectivity index (χ1n) is 8.33. The molecule has 1 saturated carbocycles. The number of aryl methyl sites for hydroxylation is 1. The van der Waals surface area contributed by atoms with Gasteiger partial charge in [0, 0.05) is 17.5 Å². The highest BCUT2D eigenvalue weighted by Gasteiger charge is 2.30. The van der Waals surface area contributed by atoms with E-state index in [1.54, 1.807) is 12.1 Å². The van der Waals surface area contributed by atoms with Gasteiger partial charge in [0.15, 0.2) is 5.78 Å². The van der Waals surface area contributed by atoms with Gasteiger partial charge in [-0.15, -0.1) is 0 Å². The number of carbonyl (C=O) groups excluding carboxylic acids is 2. The van der Waals surface area contributed by atoms with Gasteiger partial charge < -0.3 is 5.73 Å². The molecule has 108 valence electrons. The number of Topliss-reactive ketones (excluding diaryl/α,β-unsaturated/α-hetero) is 2. The number of ketones is 2. The molecule has 0 spiro atoms. The number of benzene rings is 1. The Kier molecular flexibility index (Phi) is 2.16. The zero-order valence-electron chi connectivity index (χ0n) is 15.2. The summed E-state index contributed by atoms with van der Waals surface area (Å²) < 4.78 is 32.5. The van der Waals surface area contributed by atoms with Gasteiger partial charge in [-0.25, -0.2) is 4.98 Å². The first-order chi connectivity index (χ1) is 11.5. The Morgan fingerprint density at radius 1 is 1.38 bits per heavy atom. The summed E-state index contributed by atoms with van der Waals surface area (Å²) in [6, 6.07) is 2.84. The number of fused-ring (bicyclic) bond motifs is 1. The van der Waals surface area contributed by atoms with E-state index < -0.39 is 42.3 Å². The number of hydrogen-bond donors (Lipinski definition) is 1. The molecule has 6 nitrogen and oxygen atoms in total. The molecule has 1 fully saturated rings. The predicted octanol–water partition coefficient (Wildman–Crippen LogP) is 1.15. The van der Waals surface area contributed by atoms with Gasteiger partial charge in [0.25, 0.3) is 5.56 Å². The molecule has 1 aliphatic rings.